The number of aromatic nitrogens is 1. The van der Waals surface area contributed by atoms with Crippen LogP contribution in [0.15, 0.2) is 54.7 Å². The Morgan fingerprint density at radius 2 is 1.89 bits per heavy atom. The molecule has 2 aromatic carbocycles. The van der Waals surface area contributed by atoms with Crippen LogP contribution in [0.4, 0.5) is 0 Å². The minimum Gasteiger partial charge on any atom is -0.497 e. The zero-order chi connectivity index (χ0) is 13.2. The standard InChI is InChI=1S/C16H15NO2/c1-19-14-4-2-3-12(10-14)16(18)13-5-6-15-11(9-13)7-8-17-15/h2-10,16-18H,1H3. The highest BCUT2D eigenvalue weighted by Gasteiger charge is 2.11. The molecule has 0 fully saturated rings. The second-order valence-corrected chi connectivity index (χ2v) is 4.50. The molecule has 96 valence electrons. The Bertz CT molecular complexity index is 703. The van der Waals surface area contributed by atoms with Crippen LogP contribution < -0.4 is 4.74 Å². The predicted octanol–water partition coefficient (Wildman–Crippen LogP) is 3.26. The fourth-order valence-electron chi connectivity index (χ4n) is 2.25. The summed E-state index contributed by atoms with van der Waals surface area (Å²) in [6.07, 6.45) is 1.25. The number of aliphatic hydroxyl groups is 1. The van der Waals surface area contributed by atoms with Gasteiger partial charge in [0.15, 0.2) is 0 Å². The summed E-state index contributed by atoms with van der Waals surface area (Å²) in [5.74, 6) is 0.749. The minimum absolute atomic E-state index is 0.644. The first-order valence-electron chi connectivity index (χ1n) is 6.17. The van der Waals surface area contributed by atoms with E-state index in [1.165, 1.54) is 0 Å². The van der Waals surface area contributed by atoms with Gasteiger partial charge < -0.3 is 14.8 Å². The maximum absolute atomic E-state index is 10.4. The van der Waals surface area contributed by atoms with Gasteiger partial charge in [0.25, 0.3) is 0 Å². The van der Waals surface area contributed by atoms with E-state index in [4.69, 9.17) is 4.74 Å². The Morgan fingerprint density at radius 1 is 1.05 bits per heavy atom. The summed E-state index contributed by atoms with van der Waals surface area (Å²) in [5.41, 5.74) is 2.77. The summed E-state index contributed by atoms with van der Waals surface area (Å²) in [5, 5.41) is 11.5. The van der Waals surface area contributed by atoms with Crippen LogP contribution in [-0.2, 0) is 0 Å². The van der Waals surface area contributed by atoms with Crippen molar-refractivity contribution in [2.75, 3.05) is 7.11 Å². The average molecular weight is 253 g/mol. The Balaban J connectivity index is 1.99. The molecule has 1 atom stereocenters. The Labute approximate surface area is 111 Å². The molecule has 3 nitrogen and oxygen atoms in total. The molecule has 0 aliphatic heterocycles. The van der Waals surface area contributed by atoms with Crippen molar-refractivity contribution in [1.29, 1.82) is 0 Å². The molecule has 0 radical (unpaired) electrons. The molecular formula is C16H15NO2. The van der Waals surface area contributed by atoms with Crippen LogP contribution in [0.1, 0.15) is 17.2 Å². The van der Waals surface area contributed by atoms with Crippen molar-refractivity contribution in [2.24, 2.45) is 0 Å². The van der Waals surface area contributed by atoms with E-state index in [2.05, 4.69) is 4.98 Å². The van der Waals surface area contributed by atoms with Gasteiger partial charge in [0.2, 0.25) is 0 Å². The predicted molar refractivity (Wildman–Crippen MR) is 75.4 cm³/mol. The minimum atomic E-state index is -0.644. The number of hydrogen-bond donors (Lipinski definition) is 2. The van der Waals surface area contributed by atoms with E-state index in [1.54, 1.807) is 7.11 Å². The van der Waals surface area contributed by atoms with Gasteiger partial charge in [0.05, 0.1) is 7.11 Å². The number of aliphatic hydroxyl groups excluding tert-OH is 1. The highest BCUT2D eigenvalue weighted by molar-refractivity contribution is 5.80. The molecule has 1 heterocycles. The van der Waals surface area contributed by atoms with Crippen LogP contribution in [-0.4, -0.2) is 17.2 Å². The van der Waals surface area contributed by atoms with Crippen molar-refractivity contribution < 1.29 is 9.84 Å². The molecule has 1 unspecified atom stereocenters. The van der Waals surface area contributed by atoms with Crippen LogP contribution in [0.3, 0.4) is 0 Å². The first kappa shape index (κ1) is 11.8. The molecule has 0 aliphatic carbocycles. The topological polar surface area (TPSA) is 45.2 Å². The highest BCUT2D eigenvalue weighted by Crippen LogP contribution is 2.27. The molecule has 0 saturated carbocycles. The molecule has 0 aliphatic rings. The van der Waals surface area contributed by atoms with Crippen molar-refractivity contribution in [3.8, 4) is 5.75 Å². The summed E-state index contributed by atoms with van der Waals surface area (Å²) >= 11 is 0. The van der Waals surface area contributed by atoms with Gasteiger partial charge in [-0.3, -0.25) is 0 Å². The van der Waals surface area contributed by atoms with Gasteiger partial charge in [-0.1, -0.05) is 18.2 Å². The number of H-pyrrole nitrogens is 1. The normalized spacial score (nSPS) is 12.5. The lowest BCUT2D eigenvalue weighted by Crippen LogP contribution is -1.99. The fourth-order valence-corrected chi connectivity index (χ4v) is 2.25. The van der Waals surface area contributed by atoms with Crippen LogP contribution >= 0.6 is 0 Å². The third-order valence-electron chi connectivity index (χ3n) is 3.30. The number of nitrogens with one attached hydrogen (secondary N) is 1. The number of rotatable bonds is 3. The fraction of sp³-hybridized carbons (Fsp3) is 0.125. The van der Waals surface area contributed by atoms with Gasteiger partial charge in [-0.05, 0) is 46.8 Å². The number of ether oxygens (including phenoxy) is 1. The second kappa shape index (κ2) is 4.78. The Kier molecular flexibility index (Phi) is 2.97. The van der Waals surface area contributed by atoms with Gasteiger partial charge in [-0.15, -0.1) is 0 Å². The lowest BCUT2D eigenvalue weighted by molar-refractivity contribution is 0.220. The largest absolute Gasteiger partial charge is 0.497 e. The van der Waals surface area contributed by atoms with Crippen molar-refractivity contribution in [2.45, 2.75) is 6.10 Å². The molecule has 0 spiro atoms. The summed E-state index contributed by atoms with van der Waals surface area (Å²) in [7, 11) is 1.62. The number of aromatic amines is 1. The van der Waals surface area contributed by atoms with Gasteiger partial charge in [0.1, 0.15) is 11.9 Å². The van der Waals surface area contributed by atoms with Crippen LogP contribution in [0.5, 0.6) is 5.75 Å². The molecule has 0 saturated heterocycles. The van der Waals surface area contributed by atoms with Gasteiger partial charge in [-0.25, -0.2) is 0 Å². The van der Waals surface area contributed by atoms with E-state index in [9.17, 15) is 5.11 Å². The number of benzene rings is 2. The number of hydrogen-bond acceptors (Lipinski definition) is 2. The second-order valence-electron chi connectivity index (χ2n) is 4.50. The summed E-state index contributed by atoms with van der Waals surface area (Å²) < 4.78 is 5.18. The van der Waals surface area contributed by atoms with Crippen LogP contribution in [0.2, 0.25) is 0 Å². The highest BCUT2D eigenvalue weighted by atomic mass is 16.5. The Hall–Kier alpha value is -2.26. The Morgan fingerprint density at radius 3 is 2.74 bits per heavy atom. The molecule has 3 rings (SSSR count). The van der Waals surface area contributed by atoms with Crippen LogP contribution in [0.25, 0.3) is 10.9 Å². The molecule has 19 heavy (non-hydrogen) atoms. The average Bonchev–Trinajstić information content (AvgIpc) is 2.94. The van der Waals surface area contributed by atoms with Crippen molar-refractivity contribution in [3.63, 3.8) is 0 Å². The molecule has 3 heteroatoms. The molecule has 2 N–H and O–H groups in total. The van der Waals surface area contributed by atoms with E-state index in [-0.39, 0.29) is 0 Å². The number of methoxy groups -OCH3 is 1. The van der Waals surface area contributed by atoms with Crippen molar-refractivity contribution in [3.05, 3.63) is 65.9 Å². The third-order valence-corrected chi connectivity index (χ3v) is 3.30. The maximum atomic E-state index is 10.4. The zero-order valence-electron chi connectivity index (χ0n) is 10.6. The molecule has 0 bridgehead atoms. The number of fused-ring (bicyclic) bond motifs is 1. The van der Waals surface area contributed by atoms with Gasteiger partial charge in [-0.2, -0.15) is 0 Å². The quantitative estimate of drug-likeness (QED) is 0.752. The van der Waals surface area contributed by atoms with E-state index in [1.807, 2.05) is 54.7 Å². The van der Waals surface area contributed by atoms with Crippen LogP contribution in [0, 0.1) is 0 Å². The van der Waals surface area contributed by atoms with E-state index >= 15 is 0 Å². The lowest BCUT2D eigenvalue weighted by Gasteiger charge is -2.12. The smallest absolute Gasteiger partial charge is 0.119 e. The van der Waals surface area contributed by atoms with E-state index in [0.717, 1.165) is 27.8 Å². The molecule has 3 aromatic rings. The summed E-state index contributed by atoms with van der Waals surface area (Å²) in [4.78, 5) is 3.14. The van der Waals surface area contributed by atoms with Crippen molar-refractivity contribution in [1.82, 2.24) is 4.98 Å². The lowest BCUT2D eigenvalue weighted by atomic mass is 10.0. The SMILES string of the molecule is COc1cccc(C(O)c2ccc3[nH]ccc3c2)c1. The zero-order valence-corrected chi connectivity index (χ0v) is 10.6. The summed E-state index contributed by atoms with van der Waals surface area (Å²) in [6.45, 7) is 0. The first-order valence-corrected chi connectivity index (χ1v) is 6.17. The third kappa shape index (κ3) is 2.20. The first-order chi connectivity index (χ1) is 9.28. The summed E-state index contributed by atoms with van der Waals surface area (Å²) in [6, 6.07) is 15.4. The monoisotopic (exact) mass is 253 g/mol. The van der Waals surface area contributed by atoms with E-state index < -0.39 is 6.10 Å². The van der Waals surface area contributed by atoms with E-state index in [0.29, 0.717) is 0 Å². The maximum Gasteiger partial charge on any atom is 0.119 e. The molecule has 1 aromatic heterocycles. The van der Waals surface area contributed by atoms with Gasteiger partial charge in [0, 0.05) is 11.7 Å². The van der Waals surface area contributed by atoms with Gasteiger partial charge >= 0.3 is 0 Å². The van der Waals surface area contributed by atoms with Crippen molar-refractivity contribution >= 4 is 10.9 Å². The molecule has 0 amide bonds. The molecular weight excluding hydrogens is 238 g/mol.